The molecule has 0 saturated carbocycles. The molecule has 2 aromatic carbocycles. The van der Waals surface area contributed by atoms with Gasteiger partial charge in [0.1, 0.15) is 4.99 Å². The van der Waals surface area contributed by atoms with Crippen LogP contribution in [0.2, 0.25) is 0 Å². The van der Waals surface area contributed by atoms with Crippen LogP contribution >= 0.6 is 28.1 Å². The summed E-state index contributed by atoms with van der Waals surface area (Å²) < 4.78 is 1.07. The highest BCUT2D eigenvalue weighted by Gasteiger charge is 2.19. The lowest BCUT2D eigenvalue weighted by Crippen LogP contribution is -2.29. The standard InChI is InChI=1S/C19H19BrN2S/c1-3-22(4-2)19(23)17-15-7-5-6-8-16(15)21-18(17)13-9-11-14(20)12-10-13/h5-12,21H,3-4H2,1-2H3. The number of nitrogens with one attached hydrogen (secondary N) is 1. The van der Waals surface area contributed by atoms with E-state index in [9.17, 15) is 0 Å². The Bertz CT molecular complexity index is 832. The minimum atomic E-state index is 0.908. The molecule has 3 rings (SSSR count). The van der Waals surface area contributed by atoms with E-state index in [4.69, 9.17) is 12.2 Å². The van der Waals surface area contributed by atoms with Crippen LogP contribution in [-0.2, 0) is 0 Å². The summed E-state index contributed by atoms with van der Waals surface area (Å²) >= 11 is 9.33. The van der Waals surface area contributed by atoms with Crippen molar-refractivity contribution in [3.05, 3.63) is 58.6 Å². The topological polar surface area (TPSA) is 19.0 Å². The monoisotopic (exact) mass is 386 g/mol. The third-order valence-electron chi connectivity index (χ3n) is 4.10. The molecule has 0 spiro atoms. The van der Waals surface area contributed by atoms with Crippen LogP contribution in [0.3, 0.4) is 0 Å². The van der Waals surface area contributed by atoms with E-state index in [-0.39, 0.29) is 0 Å². The third-order valence-corrected chi connectivity index (χ3v) is 5.09. The Morgan fingerprint density at radius 2 is 1.70 bits per heavy atom. The Balaban J connectivity index is 2.23. The first kappa shape index (κ1) is 16.2. The molecule has 0 aliphatic carbocycles. The zero-order valence-corrected chi connectivity index (χ0v) is 15.7. The molecule has 4 heteroatoms. The predicted octanol–water partition coefficient (Wildman–Crippen LogP) is 5.61. The number of aromatic nitrogens is 1. The van der Waals surface area contributed by atoms with Crippen LogP contribution in [0.25, 0.3) is 22.2 Å². The minimum Gasteiger partial charge on any atom is -0.363 e. The molecule has 0 fully saturated rings. The van der Waals surface area contributed by atoms with Crippen molar-refractivity contribution in [1.82, 2.24) is 9.88 Å². The van der Waals surface area contributed by atoms with E-state index in [1.807, 2.05) is 0 Å². The molecule has 1 N–H and O–H groups in total. The van der Waals surface area contributed by atoms with Crippen LogP contribution < -0.4 is 0 Å². The number of halogens is 1. The van der Waals surface area contributed by atoms with Gasteiger partial charge in [-0.05, 0) is 37.6 Å². The van der Waals surface area contributed by atoms with E-state index in [1.165, 1.54) is 5.39 Å². The van der Waals surface area contributed by atoms with Crippen molar-refractivity contribution in [2.75, 3.05) is 13.1 Å². The molecule has 3 aromatic rings. The van der Waals surface area contributed by atoms with E-state index in [1.54, 1.807) is 0 Å². The summed E-state index contributed by atoms with van der Waals surface area (Å²) in [6.45, 7) is 6.11. The van der Waals surface area contributed by atoms with Crippen molar-refractivity contribution in [3.63, 3.8) is 0 Å². The first-order valence-electron chi connectivity index (χ1n) is 7.81. The average molecular weight is 387 g/mol. The molecule has 0 aliphatic heterocycles. The Labute approximate surface area is 150 Å². The Kier molecular flexibility index (Phi) is 4.83. The lowest BCUT2D eigenvalue weighted by molar-refractivity contribution is 0.475. The van der Waals surface area contributed by atoms with Crippen molar-refractivity contribution in [1.29, 1.82) is 0 Å². The minimum absolute atomic E-state index is 0.908. The average Bonchev–Trinajstić information content (AvgIpc) is 2.96. The first-order chi connectivity index (χ1) is 11.2. The van der Waals surface area contributed by atoms with Gasteiger partial charge in [0, 0.05) is 34.0 Å². The maximum atomic E-state index is 5.83. The molecule has 1 heterocycles. The molecule has 0 saturated heterocycles. The number of benzene rings is 2. The van der Waals surface area contributed by atoms with Gasteiger partial charge < -0.3 is 9.88 Å². The van der Waals surface area contributed by atoms with E-state index >= 15 is 0 Å². The van der Waals surface area contributed by atoms with Gasteiger partial charge in [0.15, 0.2) is 0 Å². The molecule has 2 nitrogen and oxygen atoms in total. The van der Waals surface area contributed by atoms with Crippen LogP contribution in [0.1, 0.15) is 19.4 Å². The van der Waals surface area contributed by atoms with Gasteiger partial charge in [-0.1, -0.05) is 58.5 Å². The maximum Gasteiger partial charge on any atom is 0.111 e. The van der Waals surface area contributed by atoms with Crippen molar-refractivity contribution < 1.29 is 0 Å². The molecular weight excluding hydrogens is 368 g/mol. The lowest BCUT2D eigenvalue weighted by atomic mass is 10.0. The molecule has 0 amide bonds. The van der Waals surface area contributed by atoms with Crippen molar-refractivity contribution >= 4 is 44.0 Å². The highest BCUT2D eigenvalue weighted by atomic mass is 79.9. The maximum absolute atomic E-state index is 5.83. The number of hydrogen-bond donors (Lipinski definition) is 1. The van der Waals surface area contributed by atoms with E-state index in [0.29, 0.717) is 0 Å². The number of para-hydroxylation sites is 1. The SMILES string of the molecule is CCN(CC)C(=S)c1c(-c2ccc(Br)cc2)[nH]c2ccccc12. The molecule has 1 aromatic heterocycles. The molecule has 23 heavy (non-hydrogen) atoms. The van der Waals surface area contributed by atoms with Crippen molar-refractivity contribution in [2.45, 2.75) is 13.8 Å². The fraction of sp³-hybridized carbons (Fsp3) is 0.211. The van der Waals surface area contributed by atoms with Gasteiger partial charge in [0.05, 0.1) is 5.69 Å². The second-order valence-corrected chi connectivity index (χ2v) is 6.71. The number of H-pyrrole nitrogens is 1. The molecule has 0 bridgehead atoms. The van der Waals surface area contributed by atoms with Crippen molar-refractivity contribution in [2.24, 2.45) is 0 Å². The zero-order chi connectivity index (χ0) is 16.4. The third kappa shape index (κ3) is 3.06. The Hall–Kier alpha value is -1.65. The number of aromatic amines is 1. The van der Waals surface area contributed by atoms with Gasteiger partial charge in [-0.3, -0.25) is 0 Å². The Morgan fingerprint density at radius 1 is 1.04 bits per heavy atom. The van der Waals surface area contributed by atoms with Crippen LogP contribution in [0.4, 0.5) is 0 Å². The fourth-order valence-electron chi connectivity index (χ4n) is 2.87. The molecular formula is C19H19BrN2S. The number of nitrogens with zero attached hydrogens (tertiary/aromatic N) is 1. The van der Waals surface area contributed by atoms with Crippen LogP contribution in [0, 0.1) is 0 Å². The van der Waals surface area contributed by atoms with Gasteiger partial charge in [0.2, 0.25) is 0 Å². The second kappa shape index (κ2) is 6.85. The Morgan fingerprint density at radius 3 is 2.35 bits per heavy atom. The van der Waals surface area contributed by atoms with E-state index in [2.05, 4.69) is 88.2 Å². The van der Waals surface area contributed by atoms with Crippen LogP contribution in [0.15, 0.2) is 53.0 Å². The highest BCUT2D eigenvalue weighted by Crippen LogP contribution is 2.32. The zero-order valence-electron chi connectivity index (χ0n) is 13.3. The van der Waals surface area contributed by atoms with Gasteiger partial charge >= 0.3 is 0 Å². The summed E-state index contributed by atoms with van der Waals surface area (Å²) in [6, 6.07) is 16.7. The molecule has 0 atom stereocenters. The van der Waals surface area contributed by atoms with Gasteiger partial charge in [-0.2, -0.15) is 0 Å². The normalized spacial score (nSPS) is 10.9. The first-order valence-corrected chi connectivity index (χ1v) is 9.01. The number of rotatable bonds is 4. The summed E-state index contributed by atoms with van der Waals surface area (Å²) in [6.07, 6.45) is 0. The van der Waals surface area contributed by atoms with Crippen LogP contribution in [-0.4, -0.2) is 28.0 Å². The molecule has 0 unspecified atom stereocenters. The molecule has 118 valence electrons. The predicted molar refractivity (Wildman–Crippen MR) is 106 cm³/mol. The lowest BCUT2D eigenvalue weighted by Gasteiger charge is -2.22. The fourth-order valence-corrected chi connectivity index (χ4v) is 3.60. The quantitative estimate of drug-likeness (QED) is 0.587. The molecule has 0 aliphatic rings. The molecule has 0 radical (unpaired) electrons. The second-order valence-electron chi connectivity index (χ2n) is 5.40. The number of hydrogen-bond acceptors (Lipinski definition) is 1. The van der Waals surface area contributed by atoms with Gasteiger partial charge in [0.25, 0.3) is 0 Å². The van der Waals surface area contributed by atoms with E-state index < -0.39 is 0 Å². The summed E-state index contributed by atoms with van der Waals surface area (Å²) in [7, 11) is 0. The largest absolute Gasteiger partial charge is 0.363 e. The number of fused-ring (bicyclic) bond motifs is 1. The highest BCUT2D eigenvalue weighted by molar-refractivity contribution is 9.10. The summed E-state index contributed by atoms with van der Waals surface area (Å²) in [4.78, 5) is 6.69. The van der Waals surface area contributed by atoms with Gasteiger partial charge in [-0.25, -0.2) is 0 Å². The summed E-state index contributed by atoms with van der Waals surface area (Å²) in [5.41, 5.74) is 4.49. The van der Waals surface area contributed by atoms with E-state index in [0.717, 1.165) is 44.9 Å². The summed E-state index contributed by atoms with van der Waals surface area (Å²) in [5.74, 6) is 0. The van der Waals surface area contributed by atoms with Gasteiger partial charge in [-0.15, -0.1) is 0 Å². The van der Waals surface area contributed by atoms with Crippen molar-refractivity contribution in [3.8, 4) is 11.3 Å². The van der Waals surface area contributed by atoms with Crippen LogP contribution in [0.5, 0.6) is 0 Å². The smallest absolute Gasteiger partial charge is 0.111 e. The summed E-state index contributed by atoms with van der Waals surface area (Å²) in [5, 5.41) is 1.18. The number of thiocarbonyl (C=S) groups is 1.